The average Bonchev–Trinajstić information content (AvgIpc) is 2.33. The summed E-state index contributed by atoms with van der Waals surface area (Å²) in [6, 6.07) is -0.796. The van der Waals surface area contributed by atoms with Crippen LogP contribution in [0, 0.1) is 0 Å². The van der Waals surface area contributed by atoms with E-state index < -0.39 is 18.0 Å². The van der Waals surface area contributed by atoms with Gasteiger partial charge in [0, 0.05) is 0 Å². The predicted molar refractivity (Wildman–Crippen MR) is 72.9 cm³/mol. The molecular formula is C12H28N2O4. The van der Waals surface area contributed by atoms with Gasteiger partial charge in [0.2, 0.25) is 0 Å². The molecule has 2 atom stereocenters. The van der Waals surface area contributed by atoms with Gasteiger partial charge in [-0.05, 0) is 26.9 Å². The fourth-order valence-corrected chi connectivity index (χ4v) is 0.896. The summed E-state index contributed by atoms with van der Waals surface area (Å²) in [6.07, 6.45) is 0.631. The molecule has 0 saturated heterocycles. The Morgan fingerprint density at radius 2 is 1.56 bits per heavy atom. The van der Waals surface area contributed by atoms with Crippen molar-refractivity contribution < 1.29 is 19.8 Å². The normalized spacial score (nSPS) is 12.1. The highest BCUT2D eigenvalue weighted by molar-refractivity contribution is 5.73. The first-order valence-corrected chi connectivity index (χ1v) is 6.26. The van der Waals surface area contributed by atoms with Crippen LogP contribution in [0.4, 0.5) is 0 Å². The van der Waals surface area contributed by atoms with Crippen LogP contribution in [0.1, 0.15) is 41.0 Å². The first-order valence-electron chi connectivity index (χ1n) is 6.26. The lowest BCUT2D eigenvalue weighted by molar-refractivity contribution is -0.140. The van der Waals surface area contributed by atoms with Gasteiger partial charge in [0.1, 0.15) is 12.1 Å². The van der Waals surface area contributed by atoms with Gasteiger partial charge in [0.15, 0.2) is 0 Å². The minimum absolute atomic E-state index is 0.380. The minimum Gasteiger partial charge on any atom is -0.480 e. The Hall–Kier alpha value is -1.14. The Balaban J connectivity index is -0.000000219. The number of nitrogens with one attached hydrogen (secondary N) is 2. The predicted octanol–water partition coefficient (Wildman–Crippen LogP) is 1.16. The molecule has 0 heterocycles. The molecule has 18 heavy (non-hydrogen) atoms. The molecule has 0 aliphatic carbocycles. The second-order valence-electron chi connectivity index (χ2n) is 3.21. The second kappa shape index (κ2) is 15.9. The van der Waals surface area contributed by atoms with Crippen molar-refractivity contribution in [3.8, 4) is 0 Å². The molecule has 0 aliphatic rings. The van der Waals surface area contributed by atoms with Crippen LogP contribution >= 0.6 is 0 Å². The molecule has 110 valence electrons. The fraction of sp³-hybridized carbons (Fsp3) is 0.833. The molecule has 0 fully saturated rings. The van der Waals surface area contributed by atoms with Crippen molar-refractivity contribution in [2.24, 2.45) is 0 Å². The van der Waals surface area contributed by atoms with Crippen LogP contribution in [0.25, 0.3) is 0 Å². The lowest BCUT2D eigenvalue weighted by atomic mass is 10.2. The maximum atomic E-state index is 10.1. The molecule has 0 aromatic carbocycles. The molecular weight excluding hydrogens is 236 g/mol. The summed E-state index contributed by atoms with van der Waals surface area (Å²) in [6.45, 7) is 10.0. The van der Waals surface area contributed by atoms with Crippen molar-refractivity contribution in [1.82, 2.24) is 10.6 Å². The van der Waals surface area contributed by atoms with Gasteiger partial charge in [-0.1, -0.05) is 27.7 Å². The van der Waals surface area contributed by atoms with Crippen molar-refractivity contribution in [2.75, 3.05) is 13.6 Å². The molecule has 0 aromatic heterocycles. The average molecular weight is 264 g/mol. The molecule has 0 saturated carbocycles. The van der Waals surface area contributed by atoms with Crippen molar-refractivity contribution in [2.45, 2.75) is 53.1 Å². The number of carbonyl (C=O) groups is 2. The van der Waals surface area contributed by atoms with E-state index in [1.165, 1.54) is 0 Å². The summed E-state index contributed by atoms with van der Waals surface area (Å²) < 4.78 is 0. The van der Waals surface area contributed by atoms with Crippen molar-refractivity contribution in [3.63, 3.8) is 0 Å². The summed E-state index contributed by atoms with van der Waals surface area (Å²) >= 11 is 0. The molecule has 0 aromatic rings. The molecule has 0 spiro atoms. The van der Waals surface area contributed by atoms with E-state index in [0.717, 1.165) is 0 Å². The number of aliphatic carboxylic acids is 2. The van der Waals surface area contributed by atoms with Gasteiger partial charge in [0.05, 0.1) is 0 Å². The summed E-state index contributed by atoms with van der Waals surface area (Å²) in [5.41, 5.74) is 0. The van der Waals surface area contributed by atoms with E-state index in [2.05, 4.69) is 10.6 Å². The zero-order valence-electron chi connectivity index (χ0n) is 12.3. The third-order valence-electron chi connectivity index (χ3n) is 1.94. The lowest BCUT2D eigenvalue weighted by Gasteiger charge is -2.05. The van der Waals surface area contributed by atoms with Crippen LogP contribution in [0.2, 0.25) is 0 Å². The lowest BCUT2D eigenvalue weighted by Crippen LogP contribution is -2.33. The quantitative estimate of drug-likeness (QED) is 0.575. The topological polar surface area (TPSA) is 98.7 Å². The van der Waals surface area contributed by atoms with E-state index >= 15 is 0 Å². The highest BCUT2D eigenvalue weighted by Gasteiger charge is 2.09. The van der Waals surface area contributed by atoms with Crippen LogP contribution in [-0.2, 0) is 9.59 Å². The van der Waals surface area contributed by atoms with Gasteiger partial charge in [0.25, 0.3) is 0 Å². The number of likely N-dealkylation sites (N-methyl/N-ethyl adjacent to an activating group) is 2. The molecule has 0 aliphatic heterocycles. The summed E-state index contributed by atoms with van der Waals surface area (Å²) in [4.78, 5) is 20.1. The van der Waals surface area contributed by atoms with E-state index in [-0.39, 0.29) is 6.04 Å². The molecule has 6 nitrogen and oxygen atoms in total. The Morgan fingerprint density at radius 3 is 1.61 bits per heavy atom. The number of rotatable bonds is 6. The maximum absolute atomic E-state index is 10.1. The van der Waals surface area contributed by atoms with Gasteiger partial charge < -0.3 is 20.8 Å². The van der Waals surface area contributed by atoms with E-state index in [9.17, 15) is 9.59 Å². The summed E-state index contributed by atoms with van der Waals surface area (Å²) in [5.74, 6) is -1.58. The Morgan fingerprint density at radius 1 is 1.11 bits per heavy atom. The van der Waals surface area contributed by atoms with Crippen LogP contribution in [-0.4, -0.2) is 47.8 Å². The number of carboxylic acids is 2. The van der Waals surface area contributed by atoms with Gasteiger partial charge in [-0.3, -0.25) is 9.59 Å². The zero-order chi connectivity index (χ0) is 15.1. The van der Waals surface area contributed by atoms with Crippen molar-refractivity contribution >= 4 is 11.9 Å². The summed E-state index contributed by atoms with van der Waals surface area (Å²) in [7, 11) is 1.64. The minimum atomic E-state index is -0.799. The molecule has 0 radical (unpaired) electrons. The second-order valence-corrected chi connectivity index (χ2v) is 3.21. The third kappa shape index (κ3) is 14.9. The largest absolute Gasteiger partial charge is 0.480 e. The van der Waals surface area contributed by atoms with Gasteiger partial charge in [-0.15, -0.1) is 0 Å². The Labute approximate surface area is 110 Å². The van der Waals surface area contributed by atoms with Crippen LogP contribution in [0.3, 0.4) is 0 Å². The van der Waals surface area contributed by atoms with E-state index in [1.54, 1.807) is 14.0 Å². The Bertz CT molecular complexity index is 206. The SMILES string of the molecule is CC.CCC(NC)C(=O)O.CCNC(C)C(=O)O. The molecule has 0 rings (SSSR count). The zero-order valence-corrected chi connectivity index (χ0v) is 12.3. The molecule has 2 unspecified atom stereocenters. The molecule has 0 bridgehead atoms. The third-order valence-corrected chi connectivity index (χ3v) is 1.94. The monoisotopic (exact) mass is 264 g/mol. The number of hydrogen-bond donors (Lipinski definition) is 4. The van der Waals surface area contributed by atoms with Crippen molar-refractivity contribution in [3.05, 3.63) is 0 Å². The summed E-state index contributed by atoms with van der Waals surface area (Å²) in [5, 5.41) is 22.0. The van der Waals surface area contributed by atoms with Gasteiger partial charge >= 0.3 is 11.9 Å². The smallest absolute Gasteiger partial charge is 0.320 e. The van der Waals surface area contributed by atoms with E-state index in [0.29, 0.717) is 13.0 Å². The number of carboxylic acid groups (broad SMARTS) is 2. The van der Waals surface area contributed by atoms with Crippen LogP contribution in [0.5, 0.6) is 0 Å². The van der Waals surface area contributed by atoms with Crippen LogP contribution in [0.15, 0.2) is 0 Å². The first-order chi connectivity index (χ1) is 8.40. The molecule has 6 heteroatoms. The molecule has 0 amide bonds. The highest BCUT2D eigenvalue weighted by atomic mass is 16.4. The molecule has 4 N–H and O–H groups in total. The number of hydrogen-bond acceptors (Lipinski definition) is 4. The standard InChI is InChI=1S/2C5H11NO2.C2H6/c1-3-4(6-2)5(7)8;1-3-6-4(2)5(7)8;1-2/h2*4,6H,3H2,1-2H3,(H,7,8);1-2H3. The maximum Gasteiger partial charge on any atom is 0.320 e. The highest BCUT2D eigenvalue weighted by Crippen LogP contribution is 1.86. The van der Waals surface area contributed by atoms with Gasteiger partial charge in [-0.2, -0.15) is 0 Å². The fourth-order valence-electron chi connectivity index (χ4n) is 0.896. The first kappa shape index (κ1) is 22.1. The van der Waals surface area contributed by atoms with Crippen LogP contribution < -0.4 is 10.6 Å². The Kier molecular flexibility index (Phi) is 19.5. The van der Waals surface area contributed by atoms with E-state index in [4.69, 9.17) is 10.2 Å². The van der Waals surface area contributed by atoms with E-state index in [1.807, 2.05) is 27.7 Å². The van der Waals surface area contributed by atoms with Crippen molar-refractivity contribution in [1.29, 1.82) is 0 Å². The van der Waals surface area contributed by atoms with Gasteiger partial charge in [-0.25, -0.2) is 0 Å².